The van der Waals surface area contributed by atoms with Gasteiger partial charge in [-0.05, 0) is 30.9 Å². The Morgan fingerprint density at radius 3 is 2.61 bits per heavy atom. The Morgan fingerprint density at radius 1 is 1.33 bits per heavy atom. The number of rotatable bonds is 4. The summed E-state index contributed by atoms with van der Waals surface area (Å²) in [6, 6.07) is 4.77. The molecule has 0 aromatic heterocycles. The summed E-state index contributed by atoms with van der Waals surface area (Å²) in [4.78, 5) is 0.203. The highest BCUT2D eigenvalue weighted by molar-refractivity contribution is 7.91. The Labute approximate surface area is 108 Å². The molecule has 4 nitrogen and oxygen atoms in total. The molecule has 0 spiro atoms. The first-order chi connectivity index (χ1) is 8.53. The molecule has 1 aliphatic rings. The van der Waals surface area contributed by atoms with E-state index in [4.69, 9.17) is 10.5 Å². The molecule has 2 N–H and O–H groups in total. The van der Waals surface area contributed by atoms with Gasteiger partial charge >= 0.3 is 0 Å². The molecule has 0 radical (unpaired) electrons. The van der Waals surface area contributed by atoms with Gasteiger partial charge in [-0.15, -0.1) is 0 Å². The molecule has 0 amide bonds. The van der Waals surface area contributed by atoms with Gasteiger partial charge in [0.15, 0.2) is 9.84 Å². The van der Waals surface area contributed by atoms with Gasteiger partial charge in [-0.3, -0.25) is 0 Å². The number of anilines is 1. The standard InChI is InChI=1S/C13H19NO3S/c1-17-11-6-7-12(14)13(8-11)18(15,16)9-10-4-2-3-5-10/h6-8,10H,2-5,9,14H2,1H3. The van der Waals surface area contributed by atoms with Crippen LogP contribution < -0.4 is 10.5 Å². The van der Waals surface area contributed by atoms with E-state index in [-0.39, 0.29) is 16.6 Å². The molecule has 0 atom stereocenters. The van der Waals surface area contributed by atoms with Gasteiger partial charge in [0.1, 0.15) is 5.75 Å². The van der Waals surface area contributed by atoms with E-state index in [1.165, 1.54) is 13.2 Å². The van der Waals surface area contributed by atoms with Crippen molar-refractivity contribution in [3.63, 3.8) is 0 Å². The minimum atomic E-state index is -3.31. The molecule has 0 saturated heterocycles. The second-order valence-electron chi connectivity index (χ2n) is 4.84. The lowest BCUT2D eigenvalue weighted by atomic mass is 10.1. The van der Waals surface area contributed by atoms with Gasteiger partial charge in [0, 0.05) is 6.07 Å². The molecular weight excluding hydrogens is 250 g/mol. The van der Waals surface area contributed by atoms with Crippen molar-refractivity contribution in [2.24, 2.45) is 5.92 Å². The summed E-state index contributed by atoms with van der Waals surface area (Å²) in [6.07, 6.45) is 4.27. The van der Waals surface area contributed by atoms with Crippen molar-refractivity contribution < 1.29 is 13.2 Å². The van der Waals surface area contributed by atoms with Crippen LogP contribution in [0.2, 0.25) is 0 Å². The molecule has 1 aromatic carbocycles. The minimum absolute atomic E-state index is 0.199. The first kappa shape index (κ1) is 13.2. The number of ether oxygens (including phenoxy) is 1. The van der Waals surface area contributed by atoms with Gasteiger partial charge in [0.25, 0.3) is 0 Å². The molecule has 1 aliphatic carbocycles. The normalized spacial score (nSPS) is 16.9. The van der Waals surface area contributed by atoms with E-state index >= 15 is 0 Å². The zero-order valence-corrected chi connectivity index (χ0v) is 11.4. The Kier molecular flexibility index (Phi) is 3.80. The van der Waals surface area contributed by atoms with Crippen LogP contribution in [-0.2, 0) is 9.84 Å². The smallest absolute Gasteiger partial charge is 0.180 e. The fourth-order valence-electron chi connectivity index (χ4n) is 2.49. The van der Waals surface area contributed by atoms with Crippen molar-refractivity contribution in [2.75, 3.05) is 18.6 Å². The first-order valence-electron chi connectivity index (χ1n) is 6.19. The van der Waals surface area contributed by atoms with Crippen molar-refractivity contribution in [1.82, 2.24) is 0 Å². The second-order valence-corrected chi connectivity index (χ2v) is 6.84. The third kappa shape index (κ3) is 2.77. The van der Waals surface area contributed by atoms with Crippen LogP contribution in [0.5, 0.6) is 5.75 Å². The third-order valence-electron chi connectivity index (χ3n) is 3.49. The number of sulfone groups is 1. The molecule has 0 heterocycles. The van der Waals surface area contributed by atoms with Gasteiger partial charge in [-0.1, -0.05) is 12.8 Å². The first-order valence-corrected chi connectivity index (χ1v) is 7.84. The van der Waals surface area contributed by atoms with Gasteiger partial charge < -0.3 is 10.5 Å². The molecule has 0 bridgehead atoms. The zero-order chi connectivity index (χ0) is 13.2. The minimum Gasteiger partial charge on any atom is -0.497 e. The zero-order valence-electron chi connectivity index (χ0n) is 10.6. The molecule has 0 aliphatic heterocycles. The highest BCUT2D eigenvalue weighted by atomic mass is 32.2. The van der Waals surface area contributed by atoms with Crippen molar-refractivity contribution in [1.29, 1.82) is 0 Å². The molecule has 18 heavy (non-hydrogen) atoms. The van der Waals surface area contributed by atoms with Gasteiger partial charge in [0.05, 0.1) is 23.4 Å². The van der Waals surface area contributed by atoms with Crippen LogP contribution in [0, 0.1) is 5.92 Å². The molecule has 100 valence electrons. The quantitative estimate of drug-likeness (QED) is 0.851. The van der Waals surface area contributed by atoms with Gasteiger partial charge in [-0.25, -0.2) is 8.42 Å². The summed E-state index contributed by atoms with van der Waals surface area (Å²) < 4.78 is 29.7. The maximum Gasteiger partial charge on any atom is 0.180 e. The third-order valence-corrected chi connectivity index (χ3v) is 5.42. The van der Waals surface area contributed by atoms with E-state index in [1.54, 1.807) is 12.1 Å². The molecule has 0 unspecified atom stereocenters. The Balaban J connectivity index is 2.27. The molecular formula is C13H19NO3S. The fraction of sp³-hybridized carbons (Fsp3) is 0.538. The maximum absolute atomic E-state index is 12.3. The Bertz CT molecular complexity index is 519. The van der Waals surface area contributed by atoms with Gasteiger partial charge in [0.2, 0.25) is 0 Å². The van der Waals surface area contributed by atoms with Crippen LogP contribution in [-0.4, -0.2) is 21.3 Å². The van der Waals surface area contributed by atoms with Crippen molar-refractivity contribution in [3.05, 3.63) is 18.2 Å². The Hall–Kier alpha value is -1.23. The van der Waals surface area contributed by atoms with Crippen LogP contribution in [0.3, 0.4) is 0 Å². The molecule has 1 saturated carbocycles. The van der Waals surface area contributed by atoms with Crippen LogP contribution in [0.15, 0.2) is 23.1 Å². The van der Waals surface area contributed by atoms with E-state index < -0.39 is 9.84 Å². The van der Waals surface area contributed by atoms with Crippen LogP contribution in [0.4, 0.5) is 5.69 Å². The lowest BCUT2D eigenvalue weighted by Crippen LogP contribution is -2.15. The number of methoxy groups -OCH3 is 1. The highest BCUT2D eigenvalue weighted by Gasteiger charge is 2.25. The van der Waals surface area contributed by atoms with E-state index in [0.29, 0.717) is 11.4 Å². The predicted octanol–water partition coefficient (Wildman–Crippen LogP) is 2.24. The number of nitrogen functional groups attached to an aromatic ring is 1. The summed E-state index contributed by atoms with van der Waals surface area (Å²) in [5.41, 5.74) is 6.07. The van der Waals surface area contributed by atoms with Crippen molar-refractivity contribution in [2.45, 2.75) is 30.6 Å². The summed E-state index contributed by atoms with van der Waals surface area (Å²) in [5, 5.41) is 0. The predicted molar refractivity (Wildman–Crippen MR) is 71.4 cm³/mol. The van der Waals surface area contributed by atoms with E-state index in [0.717, 1.165) is 25.7 Å². The van der Waals surface area contributed by atoms with Crippen LogP contribution in [0.25, 0.3) is 0 Å². The van der Waals surface area contributed by atoms with E-state index in [9.17, 15) is 8.42 Å². The molecule has 1 fully saturated rings. The lowest BCUT2D eigenvalue weighted by molar-refractivity contribution is 0.413. The van der Waals surface area contributed by atoms with Crippen molar-refractivity contribution >= 4 is 15.5 Å². The monoisotopic (exact) mass is 269 g/mol. The van der Waals surface area contributed by atoms with Crippen LogP contribution in [0.1, 0.15) is 25.7 Å². The van der Waals surface area contributed by atoms with Crippen LogP contribution >= 0.6 is 0 Å². The van der Waals surface area contributed by atoms with Gasteiger partial charge in [-0.2, -0.15) is 0 Å². The van der Waals surface area contributed by atoms with E-state index in [2.05, 4.69) is 0 Å². The Morgan fingerprint density at radius 2 is 2.00 bits per heavy atom. The van der Waals surface area contributed by atoms with E-state index in [1.807, 2.05) is 0 Å². The lowest BCUT2D eigenvalue weighted by Gasteiger charge is -2.12. The number of benzene rings is 1. The summed E-state index contributed by atoms with van der Waals surface area (Å²) in [5.74, 6) is 1.000. The molecule has 1 aromatic rings. The molecule has 5 heteroatoms. The summed E-state index contributed by atoms with van der Waals surface area (Å²) in [7, 11) is -1.80. The second kappa shape index (κ2) is 5.18. The largest absolute Gasteiger partial charge is 0.497 e. The average Bonchev–Trinajstić information content (AvgIpc) is 2.81. The number of nitrogens with two attached hydrogens (primary N) is 1. The SMILES string of the molecule is COc1ccc(N)c(S(=O)(=O)CC2CCCC2)c1. The summed E-state index contributed by atoms with van der Waals surface area (Å²) in [6.45, 7) is 0. The van der Waals surface area contributed by atoms with Crippen molar-refractivity contribution in [3.8, 4) is 5.75 Å². The summed E-state index contributed by atoms with van der Waals surface area (Å²) >= 11 is 0. The number of hydrogen-bond acceptors (Lipinski definition) is 4. The molecule has 2 rings (SSSR count). The topological polar surface area (TPSA) is 69.4 Å². The fourth-order valence-corrected chi connectivity index (χ4v) is 4.34. The number of hydrogen-bond donors (Lipinski definition) is 1. The average molecular weight is 269 g/mol. The highest BCUT2D eigenvalue weighted by Crippen LogP contribution is 2.31. The maximum atomic E-state index is 12.3.